The second-order valence-corrected chi connectivity index (χ2v) is 8.19. The summed E-state index contributed by atoms with van der Waals surface area (Å²) in [5, 5.41) is 9.63. The molecule has 1 aromatic carbocycles. The van der Waals surface area contributed by atoms with Crippen LogP contribution in [0.1, 0.15) is 54.1 Å². The Labute approximate surface area is 166 Å². The van der Waals surface area contributed by atoms with Crippen LogP contribution in [0.3, 0.4) is 0 Å². The van der Waals surface area contributed by atoms with Gasteiger partial charge in [0.1, 0.15) is 5.75 Å². The van der Waals surface area contributed by atoms with Gasteiger partial charge in [-0.25, -0.2) is 9.97 Å². The molecule has 2 aromatic rings. The predicted molar refractivity (Wildman–Crippen MR) is 107 cm³/mol. The Morgan fingerprint density at radius 3 is 2.86 bits per heavy atom. The molecule has 0 radical (unpaired) electrons. The van der Waals surface area contributed by atoms with Crippen molar-refractivity contribution in [3.63, 3.8) is 0 Å². The van der Waals surface area contributed by atoms with E-state index in [2.05, 4.69) is 28.1 Å². The lowest BCUT2D eigenvalue weighted by Gasteiger charge is -2.36. The van der Waals surface area contributed by atoms with Crippen molar-refractivity contribution >= 4 is 5.95 Å². The van der Waals surface area contributed by atoms with Crippen LogP contribution in [-0.4, -0.2) is 46.2 Å². The van der Waals surface area contributed by atoms with E-state index in [1.165, 1.54) is 42.5 Å². The first-order chi connectivity index (χ1) is 13.8. The number of aliphatic hydroxyl groups is 1. The van der Waals surface area contributed by atoms with E-state index in [-0.39, 0.29) is 6.61 Å². The number of hydrogen-bond acceptors (Lipinski definition) is 6. The number of nitrogens with zero attached hydrogens (tertiary/aromatic N) is 4. The number of fused-ring (bicyclic) bond motifs is 4. The number of ether oxygens (including phenoxy) is 1. The molecule has 6 heteroatoms. The molecule has 0 amide bonds. The van der Waals surface area contributed by atoms with Gasteiger partial charge in [-0.05, 0) is 43.4 Å². The van der Waals surface area contributed by atoms with Gasteiger partial charge in [0.05, 0.1) is 19.4 Å². The minimum absolute atomic E-state index is 0.000178. The summed E-state index contributed by atoms with van der Waals surface area (Å²) in [6.07, 6.45) is 7.98. The number of anilines is 1. The van der Waals surface area contributed by atoms with E-state index in [0.29, 0.717) is 12.1 Å². The van der Waals surface area contributed by atoms with Crippen molar-refractivity contribution in [3.05, 3.63) is 46.8 Å². The zero-order valence-electron chi connectivity index (χ0n) is 16.5. The molecular weight excluding hydrogens is 352 g/mol. The Hall–Kier alpha value is -2.18. The molecule has 3 aliphatic rings. The van der Waals surface area contributed by atoms with E-state index in [4.69, 9.17) is 14.7 Å². The molecule has 2 unspecified atom stereocenters. The molecule has 2 bridgehead atoms. The van der Waals surface area contributed by atoms with Crippen molar-refractivity contribution in [1.82, 2.24) is 14.9 Å². The van der Waals surface area contributed by atoms with Crippen LogP contribution in [0.2, 0.25) is 0 Å². The maximum Gasteiger partial charge on any atom is 0.225 e. The maximum atomic E-state index is 9.63. The normalized spacial score (nSPS) is 23.9. The van der Waals surface area contributed by atoms with Crippen LogP contribution in [0.15, 0.2) is 24.4 Å². The summed E-state index contributed by atoms with van der Waals surface area (Å²) in [5.41, 5.74) is 4.64. The summed E-state index contributed by atoms with van der Waals surface area (Å²) in [5.74, 6) is 1.67. The maximum absolute atomic E-state index is 9.63. The molecule has 0 aliphatic carbocycles. The zero-order chi connectivity index (χ0) is 19.1. The third-order valence-electron chi connectivity index (χ3n) is 6.59. The standard InChI is InChI=1S/C22H28N4O2/c1-28-21-7-4-15(10-16(21)14-27)13-26-17-5-6-20(26)18-12-23-22(24-19(18)11-17)25-8-2-3-9-25/h4,7,10,12,17,20,27H,2-3,5-6,8-9,11,13-14H2,1H3. The summed E-state index contributed by atoms with van der Waals surface area (Å²) in [7, 11) is 1.65. The van der Waals surface area contributed by atoms with Crippen molar-refractivity contribution < 1.29 is 9.84 Å². The monoisotopic (exact) mass is 380 g/mol. The average molecular weight is 380 g/mol. The van der Waals surface area contributed by atoms with Crippen LogP contribution in [0.25, 0.3) is 0 Å². The molecule has 5 rings (SSSR count). The summed E-state index contributed by atoms with van der Waals surface area (Å²) >= 11 is 0. The van der Waals surface area contributed by atoms with Crippen molar-refractivity contribution in [2.24, 2.45) is 0 Å². The highest BCUT2D eigenvalue weighted by Crippen LogP contribution is 2.44. The molecule has 3 aliphatic heterocycles. The van der Waals surface area contributed by atoms with Crippen LogP contribution in [0.5, 0.6) is 5.75 Å². The van der Waals surface area contributed by atoms with Crippen LogP contribution < -0.4 is 9.64 Å². The quantitative estimate of drug-likeness (QED) is 0.861. The van der Waals surface area contributed by atoms with E-state index < -0.39 is 0 Å². The second kappa shape index (κ2) is 7.33. The summed E-state index contributed by atoms with van der Waals surface area (Å²) in [4.78, 5) is 14.6. The van der Waals surface area contributed by atoms with Crippen LogP contribution in [-0.2, 0) is 19.6 Å². The van der Waals surface area contributed by atoms with Gasteiger partial charge < -0.3 is 14.7 Å². The second-order valence-electron chi connectivity index (χ2n) is 8.19. The van der Waals surface area contributed by atoms with Crippen LogP contribution in [0.4, 0.5) is 5.95 Å². The minimum atomic E-state index is -0.000178. The Morgan fingerprint density at radius 2 is 2.07 bits per heavy atom. The molecule has 0 saturated carbocycles. The number of hydrogen-bond donors (Lipinski definition) is 1. The van der Waals surface area contributed by atoms with E-state index in [1.54, 1.807) is 7.11 Å². The zero-order valence-corrected chi connectivity index (χ0v) is 16.5. The van der Waals surface area contributed by atoms with Gasteiger partial charge in [0, 0.05) is 55.5 Å². The van der Waals surface area contributed by atoms with Gasteiger partial charge in [0.25, 0.3) is 0 Å². The summed E-state index contributed by atoms with van der Waals surface area (Å²) in [6.45, 7) is 3.06. The molecule has 0 spiro atoms. The van der Waals surface area contributed by atoms with E-state index >= 15 is 0 Å². The van der Waals surface area contributed by atoms with Crippen molar-refractivity contribution in [3.8, 4) is 5.75 Å². The van der Waals surface area contributed by atoms with Crippen molar-refractivity contribution in [2.45, 2.75) is 57.3 Å². The highest BCUT2D eigenvalue weighted by molar-refractivity contribution is 5.39. The Balaban J connectivity index is 1.39. The lowest BCUT2D eigenvalue weighted by molar-refractivity contribution is 0.166. The number of rotatable bonds is 5. The average Bonchev–Trinajstić information content (AvgIpc) is 3.35. The molecular formula is C22H28N4O2. The highest BCUT2D eigenvalue weighted by Gasteiger charge is 2.41. The Morgan fingerprint density at radius 1 is 1.21 bits per heavy atom. The fraction of sp³-hybridized carbons (Fsp3) is 0.545. The summed E-state index contributed by atoms with van der Waals surface area (Å²) in [6, 6.07) is 7.09. The van der Waals surface area contributed by atoms with Crippen molar-refractivity contribution in [2.75, 3.05) is 25.1 Å². The van der Waals surface area contributed by atoms with Gasteiger partial charge in [0.15, 0.2) is 0 Å². The van der Waals surface area contributed by atoms with Gasteiger partial charge in [-0.2, -0.15) is 0 Å². The number of benzene rings is 1. The largest absolute Gasteiger partial charge is 0.496 e. The predicted octanol–water partition coefficient (Wildman–Crippen LogP) is 2.84. The number of methoxy groups -OCH3 is 1. The number of aromatic nitrogens is 2. The lowest BCUT2D eigenvalue weighted by atomic mass is 9.98. The molecule has 2 atom stereocenters. The van der Waals surface area contributed by atoms with Gasteiger partial charge in [-0.3, -0.25) is 4.90 Å². The number of aliphatic hydroxyl groups excluding tert-OH is 1. The van der Waals surface area contributed by atoms with Gasteiger partial charge in [-0.15, -0.1) is 0 Å². The minimum Gasteiger partial charge on any atom is -0.496 e. The van der Waals surface area contributed by atoms with Crippen LogP contribution in [0, 0.1) is 0 Å². The molecule has 6 nitrogen and oxygen atoms in total. The molecule has 2 fully saturated rings. The molecule has 1 aromatic heterocycles. The third-order valence-corrected chi connectivity index (χ3v) is 6.59. The topological polar surface area (TPSA) is 61.7 Å². The summed E-state index contributed by atoms with van der Waals surface area (Å²) < 4.78 is 5.34. The van der Waals surface area contributed by atoms with Crippen LogP contribution >= 0.6 is 0 Å². The molecule has 2 saturated heterocycles. The molecule has 4 heterocycles. The fourth-order valence-corrected chi connectivity index (χ4v) is 5.14. The SMILES string of the molecule is COc1ccc(CN2C3CCC2c2cnc(N4CCCC4)nc2C3)cc1CO. The van der Waals surface area contributed by atoms with E-state index in [1.807, 2.05) is 6.07 Å². The van der Waals surface area contributed by atoms with E-state index in [9.17, 15) is 5.11 Å². The highest BCUT2D eigenvalue weighted by atomic mass is 16.5. The molecule has 28 heavy (non-hydrogen) atoms. The smallest absolute Gasteiger partial charge is 0.225 e. The molecule has 148 valence electrons. The van der Waals surface area contributed by atoms with Gasteiger partial charge in [-0.1, -0.05) is 6.07 Å². The van der Waals surface area contributed by atoms with Crippen molar-refractivity contribution in [1.29, 1.82) is 0 Å². The Bertz CT molecular complexity index is 866. The van der Waals surface area contributed by atoms with Gasteiger partial charge in [0.2, 0.25) is 5.95 Å². The first-order valence-corrected chi connectivity index (χ1v) is 10.4. The first-order valence-electron chi connectivity index (χ1n) is 10.4. The fourth-order valence-electron chi connectivity index (χ4n) is 5.14. The Kier molecular flexibility index (Phi) is 4.69. The lowest BCUT2D eigenvalue weighted by Crippen LogP contribution is -2.38. The third kappa shape index (κ3) is 3.05. The first kappa shape index (κ1) is 17.9. The van der Waals surface area contributed by atoms with E-state index in [0.717, 1.165) is 43.3 Å². The molecule has 1 N–H and O–H groups in total. The van der Waals surface area contributed by atoms with Gasteiger partial charge >= 0.3 is 0 Å².